The van der Waals surface area contributed by atoms with Crippen molar-refractivity contribution < 1.29 is 14.4 Å². The molecule has 2 rings (SSSR count). The maximum absolute atomic E-state index is 12.3. The minimum atomic E-state index is -0.636. The van der Waals surface area contributed by atoms with E-state index in [1.165, 1.54) is 11.3 Å². The number of nitrogens with one attached hydrogen (secondary N) is 3. The van der Waals surface area contributed by atoms with Crippen LogP contribution >= 0.6 is 11.3 Å². The molecule has 1 aromatic carbocycles. The highest BCUT2D eigenvalue weighted by Crippen LogP contribution is 2.15. The van der Waals surface area contributed by atoms with Crippen LogP contribution in [0.5, 0.6) is 0 Å². The van der Waals surface area contributed by atoms with E-state index in [4.69, 9.17) is 0 Å². The summed E-state index contributed by atoms with van der Waals surface area (Å²) in [4.78, 5) is 36.8. The molecule has 0 saturated carbocycles. The van der Waals surface area contributed by atoms with Gasteiger partial charge >= 0.3 is 0 Å². The number of rotatable bonds is 7. The van der Waals surface area contributed by atoms with Gasteiger partial charge in [0.2, 0.25) is 5.91 Å². The molecule has 3 amide bonds. The summed E-state index contributed by atoms with van der Waals surface area (Å²) in [5.41, 5.74) is 0.897. The molecule has 3 N–H and O–H groups in total. The van der Waals surface area contributed by atoms with Crippen molar-refractivity contribution >= 4 is 34.7 Å². The Morgan fingerprint density at radius 2 is 1.92 bits per heavy atom. The number of hydrogen-bond acceptors (Lipinski definition) is 4. The first kappa shape index (κ1) is 18.7. The predicted molar refractivity (Wildman–Crippen MR) is 98.9 cm³/mol. The van der Waals surface area contributed by atoms with E-state index in [1.807, 2.05) is 12.3 Å². The molecule has 1 aromatic heterocycles. The SMILES string of the molecule is CCCNC(=O)[C@@H](C)NC(=O)c1cccc(NC(=O)c2cccs2)c1. The molecule has 7 heteroatoms. The average Bonchev–Trinajstić information content (AvgIpc) is 3.14. The summed E-state index contributed by atoms with van der Waals surface area (Å²) < 4.78 is 0. The number of thiophene rings is 1. The monoisotopic (exact) mass is 359 g/mol. The summed E-state index contributed by atoms with van der Waals surface area (Å²) in [5.74, 6) is -0.816. The molecule has 0 saturated heterocycles. The second-order valence-corrected chi connectivity index (χ2v) is 6.45. The lowest BCUT2D eigenvalue weighted by Gasteiger charge is -2.14. The second-order valence-electron chi connectivity index (χ2n) is 5.50. The van der Waals surface area contributed by atoms with Crippen LogP contribution in [-0.2, 0) is 4.79 Å². The van der Waals surface area contributed by atoms with E-state index in [-0.39, 0.29) is 17.7 Å². The van der Waals surface area contributed by atoms with Crippen LogP contribution in [0.25, 0.3) is 0 Å². The minimum absolute atomic E-state index is 0.222. The van der Waals surface area contributed by atoms with Crippen LogP contribution in [0.4, 0.5) is 5.69 Å². The number of hydrogen-bond donors (Lipinski definition) is 3. The molecule has 0 fully saturated rings. The molecule has 0 bridgehead atoms. The first-order chi connectivity index (χ1) is 12.0. The number of benzene rings is 1. The predicted octanol–water partition coefficient (Wildman–Crippen LogP) is 2.64. The fourth-order valence-electron chi connectivity index (χ4n) is 2.09. The first-order valence-electron chi connectivity index (χ1n) is 8.04. The van der Waals surface area contributed by atoms with E-state index in [0.717, 1.165) is 6.42 Å². The lowest BCUT2D eigenvalue weighted by atomic mass is 10.1. The lowest BCUT2D eigenvalue weighted by molar-refractivity contribution is -0.122. The highest BCUT2D eigenvalue weighted by molar-refractivity contribution is 7.12. The van der Waals surface area contributed by atoms with Gasteiger partial charge in [-0.15, -0.1) is 11.3 Å². The highest BCUT2D eigenvalue weighted by Gasteiger charge is 2.16. The molecule has 0 aliphatic rings. The molecule has 25 heavy (non-hydrogen) atoms. The van der Waals surface area contributed by atoms with Crippen LogP contribution in [-0.4, -0.2) is 30.3 Å². The molecule has 2 aromatic rings. The summed E-state index contributed by atoms with van der Waals surface area (Å²) in [5, 5.41) is 9.96. The highest BCUT2D eigenvalue weighted by atomic mass is 32.1. The van der Waals surface area contributed by atoms with Gasteiger partial charge in [-0.25, -0.2) is 0 Å². The van der Waals surface area contributed by atoms with E-state index in [9.17, 15) is 14.4 Å². The maximum atomic E-state index is 12.3. The quantitative estimate of drug-likeness (QED) is 0.710. The molecule has 0 aliphatic carbocycles. The van der Waals surface area contributed by atoms with Gasteiger partial charge in [0.05, 0.1) is 4.88 Å². The van der Waals surface area contributed by atoms with Crippen molar-refractivity contribution in [2.24, 2.45) is 0 Å². The Hall–Kier alpha value is -2.67. The third-order valence-electron chi connectivity index (χ3n) is 3.42. The smallest absolute Gasteiger partial charge is 0.265 e. The van der Waals surface area contributed by atoms with Crippen molar-refractivity contribution in [3.8, 4) is 0 Å². The Balaban J connectivity index is 1.99. The van der Waals surface area contributed by atoms with Gasteiger partial charge in [0.15, 0.2) is 0 Å². The Bertz CT molecular complexity index is 744. The molecule has 0 aliphatic heterocycles. The molecule has 0 spiro atoms. The van der Waals surface area contributed by atoms with Gasteiger partial charge in [0.1, 0.15) is 6.04 Å². The van der Waals surface area contributed by atoms with E-state index in [2.05, 4.69) is 16.0 Å². The third-order valence-corrected chi connectivity index (χ3v) is 4.29. The van der Waals surface area contributed by atoms with Gasteiger partial charge in [-0.05, 0) is 43.0 Å². The standard InChI is InChI=1S/C18H21N3O3S/c1-3-9-19-16(22)12(2)20-17(23)13-6-4-7-14(11-13)21-18(24)15-8-5-10-25-15/h4-8,10-12H,3,9H2,1-2H3,(H,19,22)(H,20,23)(H,21,24)/t12-/m1/s1. The van der Waals surface area contributed by atoms with Crippen LogP contribution in [0.1, 0.15) is 40.3 Å². The molecule has 1 atom stereocenters. The van der Waals surface area contributed by atoms with Crippen LogP contribution in [0.3, 0.4) is 0 Å². The third kappa shape index (κ3) is 5.42. The number of carbonyl (C=O) groups is 3. The zero-order chi connectivity index (χ0) is 18.2. The zero-order valence-corrected chi connectivity index (χ0v) is 15.0. The average molecular weight is 359 g/mol. The van der Waals surface area contributed by atoms with E-state index >= 15 is 0 Å². The number of amides is 3. The van der Waals surface area contributed by atoms with Crippen molar-refractivity contribution in [2.45, 2.75) is 26.3 Å². The van der Waals surface area contributed by atoms with Gasteiger partial charge in [-0.3, -0.25) is 14.4 Å². The molecular weight excluding hydrogens is 338 g/mol. The largest absolute Gasteiger partial charge is 0.354 e. The van der Waals surface area contributed by atoms with Crippen molar-refractivity contribution in [3.63, 3.8) is 0 Å². The number of carbonyl (C=O) groups excluding carboxylic acids is 3. The van der Waals surface area contributed by atoms with Crippen molar-refractivity contribution in [2.75, 3.05) is 11.9 Å². The summed E-state index contributed by atoms with van der Waals surface area (Å²) in [6.07, 6.45) is 0.832. The van der Waals surface area contributed by atoms with E-state index < -0.39 is 6.04 Å². The van der Waals surface area contributed by atoms with Gasteiger partial charge in [-0.2, -0.15) is 0 Å². The summed E-state index contributed by atoms with van der Waals surface area (Å²) in [6, 6.07) is 9.50. The first-order valence-corrected chi connectivity index (χ1v) is 8.92. The maximum Gasteiger partial charge on any atom is 0.265 e. The van der Waals surface area contributed by atoms with Gasteiger partial charge < -0.3 is 16.0 Å². The van der Waals surface area contributed by atoms with Crippen molar-refractivity contribution in [1.29, 1.82) is 0 Å². The Kier molecular flexibility index (Phi) is 6.71. The summed E-state index contributed by atoms with van der Waals surface area (Å²) in [6.45, 7) is 4.16. The fraction of sp³-hybridized carbons (Fsp3) is 0.278. The van der Waals surface area contributed by atoms with E-state index in [1.54, 1.807) is 43.3 Å². The van der Waals surface area contributed by atoms with Gasteiger partial charge in [-0.1, -0.05) is 19.1 Å². The van der Waals surface area contributed by atoms with Crippen molar-refractivity contribution in [1.82, 2.24) is 10.6 Å². The fourth-order valence-corrected chi connectivity index (χ4v) is 2.70. The molecule has 132 valence electrons. The zero-order valence-electron chi connectivity index (χ0n) is 14.2. The van der Waals surface area contributed by atoms with Gasteiger partial charge in [0, 0.05) is 17.8 Å². The lowest BCUT2D eigenvalue weighted by Crippen LogP contribution is -2.45. The molecule has 1 heterocycles. The minimum Gasteiger partial charge on any atom is -0.354 e. The summed E-state index contributed by atoms with van der Waals surface area (Å²) >= 11 is 1.34. The van der Waals surface area contributed by atoms with Crippen LogP contribution in [0.15, 0.2) is 41.8 Å². The van der Waals surface area contributed by atoms with E-state index in [0.29, 0.717) is 22.7 Å². The van der Waals surface area contributed by atoms with Crippen LogP contribution in [0.2, 0.25) is 0 Å². The second kappa shape index (κ2) is 8.98. The molecular formula is C18H21N3O3S. The normalized spacial score (nSPS) is 11.4. The molecule has 0 unspecified atom stereocenters. The Morgan fingerprint density at radius 3 is 2.60 bits per heavy atom. The van der Waals surface area contributed by atoms with Gasteiger partial charge in [0.25, 0.3) is 11.8 Å². The molecule has 0 radical (unpaired) electrons. The Labute approximate surface area is 150 Å². The molecule has 6 nitrogen and oxygen atoms in total. The van der Waals surface area contributed by atoms with Crippen LogP contribution in [0, 0.1) is 0 Å². The number of anilines is 1. The summed E-state index contributed by atoms with van der Waals surface area (Å²) in [7, 11) is 0. The van der Waals surface area contributed by atoms with Crippen LogP contribution < -0.4 is 16.0 Å². The van der Waals surface area contributed by atoms with Crippen molar-refractivity contribution in [3.05, 3.63) is 52.2 Å². The Morgan fingerprint density at radius 1 is 1.12 bits per heavy atom. The topological polar surface area (TPSA) is 87.3 Å².